The minimum atomic E-state index is -1.37. The van der Waals surface area contributed by atoms with Gasteiger partial charge < -0.3 is 19.4 Å². The first kappa shape index (κ1) is 22.5. The minimum Gasteiger partial charge on any atom is -0.497 e. The summed E-state index contributed by atoms with van der Waals surface area (Å²) in [5, 5.41) is 3.13. The van der Waals surface area contributed by atoms with E-state index < -0.39 is 36.4 Å². The van der Waals surface area contributed by atoms with Gasteiger partial charge >= 0.3 is 0 Å². The minimum absolute atomic E-state index is 0.161. The maximum Gasteiger partial charge on any atom is 0.266 e. The van der Waals surface area contributed by atoms with Crippen molar-refractivity contribution >= 4 is 39.6 Å². The van der Waals surface area contributed by atoms with E-state index >= 15 is 0 Å². The zero-order valence-corrected chi connectivity index (χ0v) is 18.7. The molecule has 1 N–H and O–H groups in total. The van der Waals surface area contributed by atoms with Crippen molar-refractivity contribution in [1.82, 2.24) is 20.2 Å². The van der Waals surface area contributed by atoms with E-state index in [1.54, 1.807) is 42.5 Å². The number of methoxy groups -OCH3 is 1. The Morgan fingerprint density at radius 2 is 2.00 bits per heavy atom. The number of hydrogen-bond acceptors (Lipinski definition) is 7. The van der Waals surface area contributed by atoms with Gasteiger partial charge in [-0.15, -0.1) is 0 Å². The largest absolute Gasteiger partial charge is 0.497 e. The number of nitrogens with one attached hydrogen (secondary N) is 1. The van der Waals surface area contributed by atoms with Crippen LogP contribution in [0.3, 0.4) is 0 Å². The molecule has 0 saturated carbocycles. The molecular formula is C25H21FN4O5. The highest BCUT2D eigenvalue weighted by molar-refractivity contribution is 6.07. The van der Waals surface area contributed by atoms with Crippen LogP contribution in [0, 0.1) is 0 Å². The number of nitrogens with zero attached hydrogens (tertiary/aromatic N) is 3. The first-order valence-electron chi connectivity index (χ1n) is 11.0. The number of fused-ring (bicyclic) bond motifs is 2. The van der Waals surface area contributed by atoms with Crippen LogP contribution in [0.2, 0.25) is 0 Å². The molecule has 5 rings (SSSR count). The summed E-state index contributed by atoms with van der Waals surface area (Å²) in [4.78, 5) is 48.3. The van der Waals surface area contributed by atoms with Crippen LogP contribution < -0.4 is 10.1 Å². The van der Waals surface area contributed by atoms with Gasteiger partial charge in [-0.1, -0.05) is 12.1 Å². The standard InChI is InChI=1S/C25H21FN4O5/c1-34-15-6-7-18-17(11-15)16(8-9-27-18)24(33)28-12-22(31)30-13-14(26)10-20(30)23(32)25-29-19-4-2-3-5-21(19)35-25/h2-9,11,14,20H,10,12-13H2,1H3,(H,28,33)/t14-,20-/m0/s1. The van der Waals surface area contributed by atoms with Crippen molar-refractivity contribution in [2.45, 2.75) is 18.6 Å². The summed E-state index contributed by atoms with van der Waals surface area (Å²) in [7, 11) is 1.52. The Balaban J connectivity index is 1.31. The fourth-order valence-corrected chi connectivity index (χ4v) is 4.23. The van der Waals surface area contributed by atoms with Gasteiger partial charge in [-0.3, -0.25) is 19.4 Å². The van der Waals surface area contributed by atoms with E-state index in [-0.39, 0.29) is 18.9 Å². The lowest BCUT2D eigenvalue weighted by molar-refractivity contribution is -0.130. The maximum atomic E-state index is 14.3. The number of likely N-dealkylation sites (tertiary alicyclic amines) is 1. The van der Waals surface area contributed by atoms with Crippen molar-refractivity contribution in [3.8, 4) is 5.75 Å². The molecule has 2 aromatic carbocycles. The van der Waals surface area contributed by atoms with Crippen LogP contribution in [0.4, 0.5) is 4.39 Å². The maximum absolute atomic E-state index is 14.3. The Morgan fingerprint density at radius 1 is 1.17 bits per heavy atom. The summed E-state index contributed by atoms with van der Waals surface area (Å²) in [5.74, 6) is -1.28. The second-order valence-corrected chi connectivity index (χ2v) is 8.17. The average molecular weight is 476 g/mol. The number of ether oxygens (including phenoxy) is 1. The van der Waals surface area contributed by atoms with E-state index in [2.05, 4.69) is 15.3 Å². The summed E-state index contributed by atoms with van der Waals surface area (Å²) >= 11 is 0. The van der Waals surface area contributed by atoms with Crippen molar-refractivity contribution in [3.63, 3.8) is 0 Å². The summed E-state index contributed by atoms with van der Waals surface area (Å²) in [6, 6.07) is 12.5. The number of ketones is 1. The van der Waals surface area contributed by atoms with Gasteiger partial charge in [0, 0.05) is 18.0 Å². The van der Waals surface area contributed by atoms with Gasteiger partial charge in [-0.25, -0.2) is 9.37 Å². The molecule has 3 heterocycles. The summed E-state index contributed by atoms with van der Waals surface area (Å²) in [6.45, 7) is -0.655. The number of halogens is 1. The molecule has 2 aromatic heterocycles. The normalized spacial score (nSPS) is 17.6. The van der Waals surface area contributed by atoms with E-state index in [0.717, 1.165) is 4.90 Å². The van der Waals surface area contributed by atoms with Gasteiger partial charge in [0.1, 0.15) is 23.5 Å². The van der Waals surface area contributed by atoms with Crippen molar-refractivity contribution in [1.29, 1.82) is 0 Å². The second kappa shape index (κ2) is 9.13. The first-order chi connectivity index (χ1) is 16.9. The van der Waals surface area contributed by atoms with Crippen molar-refractivity contribution < 1.29 is 27.9 Å². The number of oxazole rings is 1. The number of para-hydroxylation sites is 2. The van der Waals surface area contributed by atoms with Crippen molar-refractivity contribution in [2.24, 2.45) is 0 Å². The third-order valence-electron chi connectivity index (χ3n) is 5.97. The smallest absolute Gasteiger partial charge is 0.266 e. The molecule has 1 aliphatic rings. The summed E-state index contributed by atoms with van der Waals surface area (Å²) in [5.41, 5.74) is 1.83. The Bertz CT molecular complexity index is 1420. The molecule has 4 aromatic rings. The van der Waals surface area contributed by atoms with E-state index in [0.29, 0.717) is 33.3 Å². The number of aromatic nitrogens is 2. The molecule has 178 valence electrons. The van der Waals surface area contributed by atoms with E-state index in [1.165, 1.54) is 19.4 Å². The van der Waals surface area contributed by atoms with Crippen LogP contribution in [0.5, 0.6) is 5.75 Å². The lowest BCUT2D eigenvalue weighted by atomic mass is 10.1. The second-order valence-electron chi connectivity index (χ2n) is 8.17. The highest BCUT2D eigenvalue weighted by Crippen LogP contribution is 2.26. The van der Waals surface area contributed by atoms with Crippen LogP contribution in [-0.2, 0) is 4.79 Å². The monoisotopic (exact) mass is 476 g/mol. The highest BCUT2D eigenvalue weighted by atomic mass is 19.1. The molecule has 0 radical (unpaired) electrons. The predicted molar refractivity (Wildman–Crippen MR) is 124 cm³/mol. The van der Waals surface area contributed by atoms with Gasteiger partial charge in [-0.2, -0.15) is 0 Å². The number of alkyl halides is 1. The van der Waals surface area contributed by atoms with Gasteiger partial charge in [0.25, 0.3) is 11.8 Å². The molecule has 9 nitrogen and oxygen atoms in total. The topological polar surface area (TPSA) is 115 Å². The number of carbonyl (C=O) groups excluding carboxylic acids is 3. The first-order valence-corrected chi connectivity index (χ1v) is 11.0. The molecule has 0 spiro atoms. The quantitative estimate of drug-likeness (QED) is 0.426. The Labute approximate surface area is 198 Å². The number of benzene rings is 2. The lowest BCUT2D eigenvalue weighted by Gasteiger charge is -2.22. The zero-order valence-electron chi connectivity index (χ0n) is 18.7. The SMILES string of the molecule is COc1ccc2nccc(C(=O)NCC(=O)N3C[C@@H](F)C[C@H]3C(=O)c3nc4ccccc4o3)c2c1. The molecule has 2 amide bonds. The van der Waals surface area contributed by atoms with E-state index in [1.807, 2.05) is 0 Å². The molecule has 2 atom stereocenters. The fraction of sp³-hybridized carbons (Fsp3) is 0.240. The molecule has 0 bridgehead atoms. The lowest BCUT2D eigenvalue weighted by Crippen LogP contribution is -2.45. The van der Waals surface area contributed by atoms with E-state index in [9.17, 15) is 18.8 Å². The zero-order chi connectivity index (χ0) is 24.5. The number of Topliss-reactive ketones (excluding diaryl/α,β-unsaturated/α-hetero) is 1. The Morgan fingerprint density at radius 3 is 2.80 bits per heavy atom. The van der Waals surface area contributed by atoms with Crippen molar-refractivity contribution in [2.75, 3.05) is 20.2 Å². The molecule has 0 unspecified atom stereocenters. The fourth-order valence-electron chi connectivity index (χ4n) is 4.23. The molecule has 35 heavy (non-hydrogen) atoms. The van der Waals surface area contributed by atoms with Crippen molar-refractivity contribution in [3.05, 3.63) is 66.2 Å². The molecule has 1 fully saturated rings. The number of carbonyl (C=O) groups is 3. The summed E-state index contributed by atoms with van der Waals surface area (Å²) < 4.78 is 25.0. The van der Waals surface area contributed by atoms with Gasteiger partial charge in [0.2, 0.25) is 11.7 Å². The molecule has 1 saturated heterocycles. The number of amides is 2. The van der Waals surface area contributed by atoms with Gasteiger partial charge in [0.05, 0.1) is 31.3 Å². The molecule has 10 heteroatoms. The molecular weight excluding hydrogens is 455 g/mol. The van der Waals surface area contributed by atoms with E-state index in [4.69, 9.17) is 9.15 Å². The average Bonchev–Trinajstić information content (AvgIpc) is 3.49. The third-order valence-corrected chi connectivity index (χ3v) is 5.97. The van der Waals surface area contributed by atoms with Gasteiger partial charge in [0.15, 0.2) is 5.58 Å². The third kappa shape index (κ3) is 4.30. The predicted octanol–water partition coefficient (Wildman–Crippen LogP) is 2.94. The Kier molecular flexibility index (Phi) is 5.86. The van der Waals surface area contributed by atoms with Crippen LogP contribution >= 0.6 is 0 Å². The highest BCUT2D eigenvalue weighted by Gasteiger charge is 2.41. The van der Waals surface area contributed by atoms with Crippen LogP contribution in [-0.4, -0.2) is 64.9 Å². The molecule has 0 aliphatic carbocycles. The van der Waals surface area contributed by atoms with Crippen LogP contribution in [0.1, 0.15) is 27.5 Å². The number of hydrogen-bond donors (Lipinski definition) is 1. The molecule has 1 aliphatic heterocycles. The number of pyridine rings is 1. The summed E-state index contributed by atoms with van der Waals surface area (Å²) in [6.07, 6.45) is -0.0366. The van der Waals surface area contributed by atoms with Crippen LogP contribution in [0.15, 0.2) is 59.1 Å². The van der Waals surface area contributed by atoms with Gasteiger partial charge in [-0.05, 0) is 36.4 Å². The van der Waals surface area contributed by atoms with Crippen LogP contribution in [0.25, 0.3) is 22.0 Å². The number of rotatable bonds is 6. The Hall–Kier alpha value is -4.34.